The molecule has 20 heavy (non-hydrogen) atoms. The fourth-order valence-electron chi connectivity index (χ4n) is 2.19. The lowest BCUT2D eigenvalue weighted by atomic mass is 10.3. The monoisotopic (exact) mass is 290 g/mol. The Morgan fingerprint density at radius 3 is 3.10 bits per heavy atom. The van der Waals surface area contributed by atoms with E-state index in [0.29, 0.717) is 6.54 Å². The number of nitrogens with zero attached hydrogens (tertiary/aromatic N) is 2. The number of hydrogen-bond acceptors (Lipinski definition) is 5. The van der Waals surface area contributed by atoms with Crippen molar-refractivity contribution in [2.75, 3.05) is 6.54 Å². The van der Waals surface area contributed by atoms with E-state index >= 15 is 0 Å². The number of aryl methyl sites for hydroxylation is 2. The topological polar surface area (TPSA) is 87.7 Å². The highest BCUT2D eigenvalue weighted by Gasteiger charge is 2.16. The van der Waals surface area contributed by atoms with Crippen LogP contribution in [0.3, 0.4) is 0 Å². The highest BCUT2D eigenvalue weighted by atomic mass is 32.1. The van der Waals surface area contributed by atoms with E-state index in [-0.39, 0.29) is 17.2 Å². The molecule has 0 aromatic carbocycles. The maximum absolute atomic E-state index is 11.8. The van der Waals surface area contributed by atoms with Crippen molar-refractivity contribution < 1.29 is 4.79 Å². The van der Waals surface area contributed by atoms with Gasteiger partial charge in [-0.25, -0.2) is 9.97 Å². The van der Waals surface area contributed by atoms with Gasteiger partial charge in [-0.05, 0) is 19.3 Å². The molecule has 0 saturated carbocycles. The second kappa shape index (κ2) is 5.54. The van der Waals surface area contributed by atoms with E-state index < -0.39 is 0 Å². The fourth-order valence-corrected chi connectivity index (χ4v) is 3.35. The molecule has 0 atom stereocenters. The molecule has 0 fully saturated rings. The Hall–Kier alpha value is -2.02. The Labute approximate surface area is 119 Å². The molecule has 1 aliphatic rings. The third-order valence-electron chi connectivity index (χ3n) is 3.17. The first-order chi connectivity index (χ1) is 9.72. The van der Waals surface area contributed by atoms with Crippen molar-refractivity contribution in [3.05, 3.63) is 44.0 Å². The van der Waals surface area contributed by atoms with Gasteiger partial charge in [0.05, 0.1) is 16.9 Å². The molecule has 104 valence electrons. The molecule has 6 nitrogen and oxygen atoms in total. The lowest BCUT2D eigenvalue weighted by molar-refractivity contribution is 0.0948. The van der Waals surface area contributed by atoms with Crippen molar-refractivity contribution in [2.45, 2.75) is 25.7 Å². The summed E-state index contributed by atoms with van der Waals surface area (Å²) in [5.74, 6) is -0.287. The molecule has 1 amide bonds. The zero-order valence-corrected chi connectivity index (χ0v) is 11.6. The van der Waals surface area contributed by atoms with Crippen LogP contribution in [0, 0.1) is 0 Å². The van der Waals surface area contributed by atoms with Gasteiger partial charge in [-0.2, -0.15) is 0 Å². The lowest BCUT2D eigenvalue weighted by Gasteiger charge is -2.02. The Morgan fingerprint density at radius 2 is 2.35 bits per heavy atom. The molecule has 1 aliphatic carbocycles. The van der Waals surface area contributed by atoms with E-state index in [1.54, 1.807) is 11.3 Å². The Bertz CT molecular complexity index is 650. The Balaban J connectivity index is 1.53. The van der Waals surface area contributed by atoms with Crippen LogP contribution in [0.2, 0.25) is 0 Å². The number of H-pyrrole nitrogens is 1. The van der Waals surface area contributed by atoms with E-state index in [0.717, 1.165) is 30.5 Å². The first kappa shape index (κ1) is 13.0. The number of rotatable bonds is 4. The van der Waals surface area contributed by atoms with Crippen molar-refractivity contribution >= 4 is 17.2 Å². The molecule has 2 N–H and O–H groups in total. The lowest BCUT2D eigenvalue weighted by Crippen LogP contribution is -2.27. The highest BCUT2D eigenvalue weighted by Crippen LogP contribution is 2.27. The van der Waals surface area contributed by atoms with Gasteiger partial charge in [0.15, 0.2) is 0 Å². The fraction of sp³-hybridized carbons (Fsp3) is 0.385. The molecule has 0 aliphatic heterocycles. The number of nitrogens with one attached hydrogen (secondary N) is 2. The summed E-state index contributed by atoms with van der Waals surface area (Å²) < 4.78 is 0. The van der Waals surface area contributed by atoms with Crippen LogP contribution in [0.1, 0.15) is 32.5 Å². The minimum atomic E-state index is -0.321. The number of aromatic nitrogens is 3. The average molecular weight is 290 g/mol. The number of fused-ring (bicyclic) bond motifs is 1. The van der Waals surface area contributed by atoms with Crippen LogP contribution >= 0.6 is 11.3 Å². The van der Waals surface area contributed by atoms with Crippen LogP contribution in [0.5, 0.6) is 0 Å². The van der Waals surface area contributed by atoms with Crippen molar-refractivity contribution in [3.8, 4) is 0 Å². The summed E-state index contributed by atoms with van der Waals surface area (Å²) in [6.07, 6.45) is 6.58. The van der Waals surface area contributed by atoms with Gasteiger partial charge < -0.3 is 10.3 Å². The second-order valence-corrected chi connectivity index (χ2v) is 5.80. The number of hydrogen-bond donors (Lipinski definition) is 2. The molecule has 0 bridgehead atoms. The quantitative estimate of drug-likeness (QED) is 0.867. The molecule has 0 spiro atoms. The van der Waals surface area contributed by atoms with Crippen LogP contribution in [0.15, 0.2) is 17.2 Å². The standard InChI is InChI=1S/C13H14N4O2S/c18-11-7-15-9(6-16-11)13(19)14-5-4-12-17-8-2-1-3-10(8)20-12/h6-7H,1-5H2,(H,14,19)(H,16,18). The number of carbonyl (C=O) groups is 1. The largest absolute Gasteiger partial charge is 0.350 e. The van der Waals surface area contributed by atoms with E-state index in [1.807, 2.05) is 0 Å². The van der Waals surface area contributed by atoms with Crippen LogP contribution in [-0.2, 0) is 19.3 Å². The third-order valence-corrected chi connectivity index (χ3v) is 4.39. The Morgan fingerprint density at radius 1 is 1.45 bits per heavy atom. The van der Waals surface area contributed by atoms with Crippen molar-refractivity contribution in [1.82, 2.24) is 20.3 Å². The second-order valence-electron chi connectivity index (χ2n) is 4.63. The summed E-state index contributed by atoms with van der Waals surface area (Å²) in [4.78, 5) is 34.8. The molecule has 0 unspecified atom stereocenters. The number of carbonyl (C=O) groups excluding carboxylic acids is 1. The third kappa shape index (κ3) is 2.77. The summed E-state index contributed by atoms with van der Waals surface area (Å²) in [7, 11) is 0. The van der Waals surface area contributed by atoms with Gasteiger partial charge in [-0.15, -0.1) is 11.3 Å². The van der Waals surface area contributed by atoms with E-state index in [4.69, 9.17) is 0 Å². The molecular weight excluding hydrogens is 276 g/mol. The predicted molar refractivity (Wildman–Crippen MR) is 75.0 cm³/mol. The van der Waals surface area contributed by atoms with Gasteiger partial charge >= 0.3 is 0 Å². The number of amides is 1. The van der Waals surface area contributed by atoms with Crippen LogP contribution in [0.4, 0.5) is 0 Å². The van der Waals surface area contributed by atoms with Gasteiger partial charge in [0.1, 0.15) is 5.69 Å². The summed E-state index contributed by atoms with van der Waals surface area (Å²) in [6.45, 7) is 0.520. The zero-order chi connectivity index (χ0) is 13.9. The normalized spacial score (nSPS) is 13.2. The summed E-state index contributed by atoms with van der Waals surface area (Å²) in [6, 6.07) is 0. The van der Waals surface area contributed by atoms with Crippen molar-refractivity contribution in [1.29, 1.82) is 0 Å². The molecule has 0 saturated heterocycles. The molecule has 7 heteroatoms. The molecule has 2 aromatic rings. The van der Waals surface area contributed by atoms with Crippen molar-refractivity contribution in [3.63, 3.8) is 0 Å². The minimum Gasteiger partial charge on any atom is -0.350 e. The minimum absolute atomic E-state index is 0.214. The van der Waals surface area contributed by atoms with Gasteiger partial charge in [0.2, 0.25) is 0 Å². The van der Waals surface area contributed by atoms with Crippen LogP contribution in [-0.4, -0.2) is 27.4 Å². The van der Waals surface area contributed by atoms with E-state index in [2.05, 4.69) is 20.3 Å². The maximum atomic E-state index is 11.8. The smallest absolute Gasteiger partial charge is 0.271 e. The molecule has 2 aromatic heterocycles. The maximum Gasteiger partial charge on any atom is 0.271 e. The SMILES string of the molecule is O=C(NCCc1nc2c(s1)CCC2)c1c[nH]c(=O)cn1. The van der Waals surface area contributed by atoms with Crippen LogP contribution < -0.4 is 10.9 Å². The van der Waals surface area contributed by atoms with Crippen LogP contribution in [0.25, 0.3) is 0 Å². The summed E-state index contributed by atoms with van der Waals surface area (Å²) >= 11 is 1.75. The molecule has 2 heterocycles. The van der Waals surface area contributed by atoms with E-state index in [9.17, 15) is 9.59 Å². The first-order valence-electron chi connectivity index (χ1n) is 6.53. The van der Waals surface area contributed by atoms with Gasteiger partial charge in [-0.3, -0.25) is 9.59 Å². The van der Waals surface area contributed by atoms with Gasteiger partial charge in [-0.1, -0.05) is 0 Å². The van der Waals surface area contributed by atoms with Crippen molar-refractivity contribution in [2.24, 2.45) is 0 Å². The highest BCUT2D eigenvalue weighted by molar-refractivity contribution is 7.11. The average Bonchev–Trinajstić information content (AvgIpc) is 3.00. The van der Waals surface area contributed by atoms with E-state index in [1.165, 1.54) is 23.2 Å². The molecule has 0 radical (unpaired) electrons. The molecular formula is C13H14N4O2S. The first-order valence-corrected chi connectivity index (χ1v) is 7.34. The number of thiazole rings is 1. The Kier molecular flexibility index (Phi) is 3.60. The molecule has 3 rings (SSSR count). The summed E-state index contributed by atoms with van der Waals surface area (Å²) in [5, 5.41) is 3.85. The zero-order valence-electron chi connectivity index (χ0n) is 10.8. The predicted octanol–water partition coefficient (Wildman–Crippen LogP) is 0.688. The summed E-state index contributed by atoms with van der Waals surface area (Å²) in [5.41, 5.74) is 1.13. The van der Waals surface area contributed by atoms with Gasteiger partial charge in [0, 0.05) is 24.0 Å². The number of aromatic amines is 1. The van der Waals surface area contributed by atoms with Gasteiger partial charge in [0.25, 0.3) is 11.5 Å².